The Balaban J connectivity index is 1.51. The van der Waals surface area contributed by atoms with Crippen molar-refractivity contribution in [1.29, 1.82) is 0 Å². The molecular formula is C31H33ClN2O7S2. The topological polar surface area (TPSA) is 119 Å². The van der Waals surface area contributed by atoms with E-state index in [-0.39, 0.29) is 28.1 Å². The molecule has 3 aromatic rings. The second-order valence-electron chi connectivity index (χ2n) is 10.4. The highest BCUT2D eigenvalue weighted by Gasteiger charge is 2.30. The van der Waals surface area contributed by atoms with E-state index >= 15 is 0 Å². The number of carbonyl (C=O) groups excluding carboxylic acids is 3. The summed E-state index contributed by atoms with van der Waals surface area (Å²) in [5.74, 6) is -1.71. The van der Waals surface area contributed by atoms with Crippen LogP contribution in [0, 0.1) is 5.92 Å². The monoisotopic (exact) mass is 644 g/mol. The van der Waals surface area contributed by atoms with Gasteiger partial charge < -0.3 is 14.8 Å². The number of esters is 2. The summed E-state index contributed by atoms with van der Waals surface area (Å²) >= 11 is 7.55. The highest BCUT2D eigenvalue weighted by atomic mass is 35.5. The average molecular weight is 645 g/mol. The van der Waals surface area contributed by atoms with Crippen molar-refractivity contribution in [2.24, 2.45) is 5.92 Å². The van der Waals surface area contributed by atoms with E-state index in [0.29, 0.717) is 28.6 Å². The number of sulfonamides is 1. The van der Waals surface area contributed by atoms with Gasteiger partial charge in [0.2, 0.25) is 0 Å². The minimum atomic E-state index is -4.11. The maximum absolute atomic E-state index is 13.5. The lowest BCUT2D eigenvalue weighted by Gasteiger charge is -2.23. The fourth-order valence-corrected chi connectivity index (χ4v) is 7.77. The number of nitrogens with zero attached hydrogens (tertiary/aromatic N) is 1. The number of amides is 1. The largest absolute Gasteiger partial charge is 0.459 e. The van der Waals surface area contributed by atoms with E-state index in [2.05, 4.69) is 18.8 Å². The third-order valence-electron chi connectivity index (χ3n) is 6.73. The lowest BCUT2D eigenvalue weighted by molar-refractivity contribution is -0.119. The predicted molar refractivity (Wildman–Crippen MR) is 168 cm³/mol. The van der Waals surface area contributed by atoms with Crippen LogP contribution in [0.25, 0.3) is 0 Å². The number of nitrogens with one attached hydrogen (secondary N) is 1. The molecule has 228 valence electrons. The minimum Gasteiger partial charge on any atom is -0.459 e. The number of hydrogen-bond acceptors (Lipinski definition) is 8. The van der Waals surface area contributed by atoms with E-state index in [9.17, 15) is 22.8 Å². The summed E-state index contributed by atoms with van der Waals surface area (Å²) in [6, 6.07) is 12.2. The van der Waals surface area contributed by atoms with Crippen LogP contribution in [0.5, 0.6) is 0 Å². The first-order valence-electron chi connectivity index (χ1n) is 13.7. The second-order valence-corrected chi connectivity index (χ2v) is 13.8. The molecule has 1 amide bonds. The quantitative estimate of drug-likeness (QED) is 0.193. The molecule has 0 fully saturated rings. The Hall–Kier alpha value is -3.67. The molecular weight excluding hydrogens is 612 g/mol. The molecule has 0 aliphatic heterocycles. The standard InChI is InChI=1S/C31H33ClN2O7S2/c1-5-15-34(21-9-7-6-8-10-21)43(38,39)22-12-14-25(32)24(17-22)30(36)40-18-27(35)33-29-28(31(37)41-19(2)3)23-13-11-20(4)16-26(23)42-29/h5-10,12,14,17,19-20H,1,11,13,15-16,18H2,2-4H3,(H,33,35)/t20-/m1/s1. The Kier molecular flexibility index (Phi) is 10.3. The number of halogens is 1. The highest BCUT2D eigenvalue weighted by Crippen LogP contribution is 2.40. The molecule has 1 atom stereocenters. The highest BCUT2D eigenvalue weighted by molar-refractivity contribution is 7.92. The van der Waals surface area contributed by atoms with E-state index in [1.165, 1.54) is 29.5 Å². The van der Waals surface area contributed by atoms with Crippen LogP contribution >= 0.6 is 22.9 Å². The maximum Gasteiger partial charge on any atom is 0.341 e. The van der Waals surface area contributed by atoms with Crippen molar-refractivity contribution in [3.63, 3.8) is 0 Å². The lowest BCUT2D eigenvalue weighted by Crippen LogP contribution is -2.31. The summed E-state index contributed by atoms with van der Waals surface area (Å²) in [6.07, 6.45) is 3.53. The van der Waals surface area contributed by atoms with Crippen molar-refractivity contribution in [3.8, 4) is 0 Å². The van der Waals surface area contributed by atoms with Crippen molar-refractivity contribution in [1.82, 2.24) is 0 Å². The van der Waals surface area contributed by atoms with Crippen LogP contribution in [0.1, 0.15) is 58.3 Å². The van der Waals surface area contributed by atoms with Crippen molar-refractivity contribution in [2.75, 3.05) is 22.8 Å². The summed E-state index contributed by atoms with van der Waals surface area (Å²) in [6.45, 7) is 8.59. The van der Waals surface area contributed by atoms with Gasteiger partial charge in [0.25, 0.3) is 15.9 Å². The molecule has 0 spiro atoms. The molecule has 12 heteroatoms. The number of anilines is 2. The molecule has 1 aliphatic carbocycles. The minimum absolute atomic E-state index is 0.00726. The number of fused-ring (bicyclic) bond motifs is 1. The molecule has 0 saturated carbocycles. The smallest absolute Gasteiger partial charge is 0.341 e. The van der Waals surface area contributed by atoms with Crippen LogP contribution in [0.2, 0.25) is 5.02 Å². The first-order valence-corrected chi connectivity index (χ1v) is 16.4. The fraction of sp³-hybridized carbons (Fsp3) is 0.323. The van der Waals surface area contributed by atoms with Gasteiger partial charge in [0.1, 0.15) is 5.00 Å². The van der Waals surface area contributed by atoms with Gasteiger partial charge in [0, 0.05) is 4.88 Å². The van der Waals surface area contributed by atoms with Gasteiger partial charge in [0.15, 0.2) is 6.61 Å². The van der Waals surface area contributed by atoms with Gasteiger partial charge in [-0.15, -0.1) is 17.9 Å². The number of ether oxygens (including phenoxy) is 2. The first kappa shape index (κ1) is 32.2. The summed E-state index contributed by atoms with van der Waals surface area (Å²) in [5, 5.41) is 3.00. The van der Waals surface area contributed by atoms with Crippen LogP contribution in [-0.2, 0) is 37.1 Å². The first-order chi connectivity index (χ1) is 20.4. The molecule has 1 aromatic heterocycles. The number of rotatable bonds is 11. The van der Waals surface area contributed by atoms with E-state index in [0.717, 1.165) is 33.7 Å². The van der Waals surface area contributed by atoms with Gasteiger partial charge in [0.05, 0.1) is 39.4 Å². The van der Waals surface area contributed by atoms with Crippen LogP contribution in [0.15, 0.2) is 66.1 Å². The maximum atomic E-state index is 13.5. The average Bonchev–Trinajstić information content (AvgIpc) is 3.31. The number of hydrogen-bond donors (Lipinski definition) is 1. The summed E-state index contributed by atoms with van der Waals surface area (Å²) in [5.41, 5.74) is 1.42. The third-order valence-corrected chi connectivity index (χ3v) is 10.0. The molecule has 0 radical (unpaired) electrons. The predicted octanol–water partition coefficient (Wildman–Crippen LogP) is 6.27. The Labute approximate surface area is 260 Å². The summed E-state index contributed by atoms with van der Waals surface area (Å²) < 4.78 is 38.8. The third kappa shape index (κ3) is 7.46. The Morgan fingerprint density at radius 2 is 1.88 bits per heavy atom. The van der Waals surface area contributed by atoms with Crippen molar-refractivity contribution >= 4 is 61.5 Å². The Morgan fingerprint density at radius 3 is 2.56 bits per heavy atom. The SMILES string of the molecule is C=CCN(c1ccccc1)S(=O)(=O)c1ccc(Cl)c(C(=O)OCC(=O)Nc2sc3c(c2C(=O)OC(C)C)CC[C@@H](C)C3)c1. The molecule has 1 N–H and O–H groups in total. The van der Waals surface area contributed by atoms with Crippen molar-refractivity contribution < 1.29 is 32.3 Å². The van der Waals surface area contributed by atoms with Gasteiger partial charge in [-0.3, -0.25) is 9.10 Å². The molecule has 1 aliphatic rings. The van der Waals surface area contributed by atoms with Crippen LogP contribution in [0.4, 0.5) is 10.7 Å². The van der Waals surface area contributed by atoms with E-state index < -0.39 is 34.5 Å². The molecule has 1 heterocycles. The van der Waals surface area contributed by atoms with Gasteiger partial charge in [-0.2, -0.15) is 0 Å². The zero-order chi connectivity index (χ0) is 31.3. The van der Waals surface area contributed by atoms with Crippen LogP contribution < -0.4 is 9.62 Å². The van der Waals surface area contributed by atoms with E-state index in [1.807, 2.05) is 0 Å². The Morgan fingerprint density at radius 1 is 1.16 bits per heavy atom. The van der Waals surface area contributed by atoms with Gasteiger partial charge in [-0.1, -0.05) is 42.8 Å². The lowest BCUT2D eigenvalue weighted by atomic mass is 9.88. The number of para-hydroxylation sites is 1. The van der Waals surface area contributed by atoms with Crippen LogP contribution in [0.3, 0.4) is 0 Å². The van der Waals surface area contributed by atoms with Gasteiger partial charge >= 0.3 is 11.9 Å². The molecule has 4 rings (SSSR count). The fourth-order valence-electron chi connectivity index (χ4n) is 4.70. The van der Waals surface area contributed by atoms with Crippen molar-refractivity contribution in [2.45, 2.75) is 51.0 Å². The molecule has 43 heavy (non-hydrogen) atoms. The zero-order valence-electron chi connectivity index (χ0n) is 24.1. The second kappa shape index (κ2) is 13.7. The van der Waals surface area contributed by atoms with Crippen LogP contribution in [-0.4, -0.2) is 45.5 Å². The van der Waals surface area contributed by atoms with Crippen molar-refractivity contribution in [3.05, 3.63) is 87.8 Å². The van der Waals surface area contributed by atoms with E-state index in [4.69, 9.17) is 21.1 Å². The number of thiophene rings is 1. The number of carbonyl (C=O) groups is 3. The molecule has 0 unspecified atom stereocenters. The number of benzene rings is 2. The molecule has 2 aromatic carbocycles. The summed E-state index contributed by atoms with van der Waals surface area (Å²) in [7, 11) is -4.11. The Bertz CT molecular complexity index is 1630. The molecule has 0 bridgehead atoms. The van der Waals surface area contributed by atoms with Gasteiger partial charge in [-0.25, -0.2) is 18.0 Å². The van der Waals surface area contributed by atoms with E-state index in [1.54, 1.807) is 44.2 Å². The zero-order valence-corrected chi connectivity index (χ0v) is 26.5. The normalized spacial score (nSPS) is 14.5. The summed E-state index contributed by atoms with van der Waals surface area (Å²) in [4.78, 5) is 39.6. The molecule has 9 nitrogen and oxygen atoms in total. The van der Waals surface area contributed by atoms with Gasteiger partial charge in [-0.05, 0) is 74.9 Å². The molecule has 0 saturated heterocycles.